The number of pyridine rings is 1. The van der Waals surface area contributed by atoms with Crippen LogP contribution in [0.25, 0.3) is 22.2 Å². The van der Waals surface area contributed by atoms with Gasteiger partial charge in [0.2, 0.25) is 5.88 Å². The van der Waals surface area contributed by atoms with Gasteiger partial charge in [0, 0.05) is 12.2 Å². The van der Waals surface area contributed by atoms with Crippen molar-refractivity contribution < 1.29 is 9.47 Å². The van der Waals surface area contributed by atoms with Gasteiger partial charge in [-0.05, 0) is 48.9 Å². The molecule has 0 N–H and O–H groups in total. The lowest BCUT2D eigenvalue weighted by Gasteiger charge is -2.21. The van der Waals surface area contributed by atoms with Gasteiger partial charge in [0.15, 0.2) is 0 Å². The van der Waals surface area contributed by atoms with Crippen LogP contribution in [0.5, 0.6) is 5.88 Å². The van der Waals surface area contributed by atoms with E-state index in [1.807, 2.05) is 35.1 Å². The minimum Gasteiger partial charge on any atom is -0.477 e. The minimum absolute atomic E-state index is 0.186. The molecular formula is C26H30N4O2. The molecule has 1 saturated carbocycles. The van der Waals surface area contributed by atoms with E-state index >= 15 is 0 Å². The van der Waals surface area contributed by atoms with E-state index in [-0.39, 0.29) is 6.10 Å². The summed E-state index contributed by atoms with van der Waals surface area (Å²) in [7, 11) is 0. The molecule has 3 aromatic rings. The lowest BCUT2D eigenvalue weighted by Crippen LogP contribution is -2.22. The topological polar surface area (TPSA) is 73.0 Å². The first kappa shape index (κ1) is 21.0. The predicted molar refractivity (Wildman–Crippen MR) is 123 cm³/mol. The van der Waals surface area contributed by atoms with Gasteiger partial charge in [0.05, 0.1) is 42.6 Å². The molecule has 0 spiro atoms. The number of nitriles is 1. The maximum atomic E-state index is 9.16. The SMILES string of the molecule is N#Cc1ccc(-c2cc3c(cnn3C[C@@H]3CCCCCCO3)nc2OCCC2CC2)cc1. The monoisotopic (exact) mass is 430 g/mol. The Bertz CT molecular complexity index is 1090. The molecule has 6 nitrogen and oxygen atoms in total. The molecule has 1 saturated heterocycles. The molecule has 1 atom stereocenters. The molecule has 32 heavy (non-hydrogen) atoms. The van der Waals surface area contributed by atoms with E-state index in [2.05, 4.69) is 17.2 Å². The van der Waals surface area contributed by atoms with Crippen LogP contribution in [0.15, 0.2) is 36.5 Å². The Labute approximate surface area is 189 Å². The summed E-state index contributed by atoms with van der Waals surface area (Å²) in [4.78, 5) is 4.85. The first-order valence-electron chi connectivity index (χ1n) is 11.9. The Kier molecular flexibility index (Phi) is 6.36. The van der Waals surface area contributed by atoms with Crippen molar-refractivity contribution in [2.45, 2.75) is 64.0 Å². The second-order valence-electron chi connectivity index (χ2n) is 9.04. The van der Waals surface area contributed by atoms with Gasteiger partial charge in [-0.3, -0.25) is 4.68 Å². The van der Waals surface area contributed by atoms with Crippen molar-refractivity contribution in [2.75, 3.05) is 13.2 Å². The second-order valence-corrected chi connectivity index (χ2v) is 9.04. The average Bonchev–Trinajstić information content (AvgIpc) is 3.55. The number of hydrogen-bond acceptors (Lipinski definition) is 5. The van der Waals surface area contributed by atoms with Crippen LogP contribution in [0.4, 0.5) is 0 Å². The van der Waals surface area contributed by atoms with Gasteiger partial charge in [-0.15, -0.1) is 0 Å². The smallest absolute Gasteiger partial charge is 0.222 e. The van der Waals surface area contributed by atoms with Crippen LogP contribution in [0.1, 0.15) is 56.9 Å². The van der Waals surface area contributed by atoms with Gasteiger partial charge < -0.3 is 9.47 Å². The molecule has 2 fully saturated rings. The molecule has 1 aliphatic carbocycles. The van der Waals surface area contributed by atoms with Crippen molar-refractivity contribution >= 4 is 11.0 Å². The Hall–Kier alpha value is -2.91. The average molecular weight is 431 g/mol. The van der Waals surface area contributed by atoms with Crippen molar-refractivity contribution in [1.82, 2.24) is 14.8 Å². The first-order valence-corrected chi connectivity index (χ1v) is 11.9. The summed E-state index contributed by atoms with van der Waals surface area (Å²) in [6.07, 6.45) is 11.7. The molecule has 6 heteroatoms. The van der Waals surface area contributed by atoms with Crippen LogP contribution in [-0.4, -0.2) is 34.1 Å². The van der Waals surface area contributed by atoms with E-state index in [1.165, 1.54) is 32.1 Å². The van der Waals surface area contributed by atoms with Crippen molar-refractivity contribution in [1.29, 1.82) is 5.26 Å². The van der Waals surface area contributed by atoms with Crippen LogP contribution in [0.3, 0.4) is 0 Å². The van der Waals surface area contributed by atoms with Crippen molar-refractivity contribution in [2.24, 2.45) is 5.92 Å². The van der Waals surface area contributed by atoms with Crippen LogP contribution < -0.4 is 4.74 Å². The molecule has 0 unspecified atom stereocenters. The summed E-state index contributed by atoms with van der Waals surface area (Å²) in [6.45, 7) is 2.24. The van der Waals surface area contributed by atoms with Crippen LogP contribution in [0, 0.1) is 17.2 Å². The zero-order valence-electron chi connectivity index (χ0n) is 18.5. The van der Waals surface area contributed by atoms with Gasteiger partial charge in [-0.2, -0.15) is 10.4 Å². The predicted octanol–water partition coefficient (Wildman–Crippen LogP) is 5.50. The molecule has 0 radical (unpaired) electrons. The standard InChI is InChI=1S/C26H30N4O2/c27-16-20-8-10-21(11-9-20)23-15-25-24(29-26(23)32-14-12-19-6-7-19)17-28-30(25)18-22-5-3-1-2-4-13-31-22/h8-11,15,17,19,22H,1-7,12-14,18H2/t22-/m0/s1. The van der Waals surface area contributed by atoms with E-state index < -0.39 is 0 Å². The number of ether oxygens (including phenoxy) is 2. The molecule has 2 aromatic heterocycles. The lowest BCUT2D eigenvalue weighted by atomic mass is 10.0. The highest BCUT2D eigenvalue weighted by Gasteiger charge is 2.22. The number of fused-ring (bicyclic) bond motifs is 1. The third kappa shape index (κ3) is 4.94. The summed E-state index contributed by atoms with van der Waals surface area (Å²) in [5.74, 6) is 1.45. The molecule has 166 valence electrons. The first-order chi connectivity index (χ1) is 15.8. The maximum absolute atomic E-state index is 9.16. The van der Waals surface area contributed by atoms with Crippen LogP contribution in [0.2, 0.25) is 0 Å². The Morgan fingerprint density at radius 2 is 1.94 bits per heavy atom. The van der Waals surface area contributed by atoms with E-state index in [9.17, 15) is 0 Å². The summed E-state index contributed by atoms with van der Waals surface area (Å²) in [6, 6.07) is 11.9. The third-order valence-electron chi connectivity index (χ3n) is 6.53. The van der Waals surface area contributed by atoms with Gasteiger partial charge in [0.1, 0.15) is 5.52 Å². The van der Waals surface area contributed by atoms with Crippen molar-refractivity contribution in [3.05, 3.63) is 42.1 Å². The highest BCUT2D eigenvalue weighted by Crippen LogP contribution is 2.35. The van der Waals surface area contributed by atoms with Crippen LogP contribution >= 0.6 is 0 Å². The third-order valence-corrected chi connectivity index (χ3v) is 6.53. The summed E-state index contributed by atoms with van der Waals surface area (Å²) in [5, 5.41) is 13.8. The summed E-state index contributed by atoms with van der Waals surface area (Å²) < 4.78 is 14.3. The van der Waals surface area contributed by atoms with E-state index in [0.29, 0.717) is 18.1 Å². The number of nitrogens with zero attached hydrogens (tertiary/aromatic N) is 4. The number of rotatable bonds is 7. The summed E-state index contributed by atoms with van der Waals surface area (Å²) in [5.41, 5.74) is 4.41. The van der Waals surface area contributed by atoms with Crippen molar-refractivity contribution in [3.8, 4) is 23.1 Å². The molecular weight excluding hydrogens is 400 g/mol. The molecule has 1 aliphatic heterocycles. The van der Waals surface area contributed by atoms with E-state index in [0.717, 1.165) is 60.5 Å². The van der Waals surface area contributed by atoms with E-state index in [1.54, 1.807) is 0 Å². The van der Waals surface area contributed by atoms with Crippen molar-refractivity contribution in [3.63, 3.8) is 0 Å². The summed E-state index contributed by atoms with van der Waals surface area (Å²) >= 11 is 0. The zero-order valence-corrected chi connectivity index (χ0v) is 18.5. The molecule has 0 bridgehead atoms. The van der Waals surface area contributed by atoms with Gasteiger partial charge in [-0.25, -0.2) is 4.98 Å². The second kappa shape index (κ2) is 9.70. The Morgan fingerprint density at radius 3 is 2.75 bits per heavy atom. The van der Waals surface area contributed by atoms with Gasteiger partial charge >= 0.3 is 0 Å². The molecule has 0 amide bonds. The molecule has 3 heterocycles. The number of aromatic nitrogens is 3. The Balaban J connectivity index is 1.45. The largest absolute Gasteiger partial charge is 0.477 e. The quantitative estimate of drug-likeness (QED) is 0.495. The molecule has 1 aromatic carbocycles. The number of hydrogen-bond donors (Lipinski definition) is 0. The maximum Gasteiger partial charge on any atom is 0.222 e. The normalized spacial score (nSPS) is 19.3. The van der Waals surface area contributed by atoms with Gasteiger partial charge in [0.25, 0.3) is 0 Å². The fraction of sp³-hybridized carbons (Fsp3) is 0.500. The van der Waals surface area contributed by atoms with E-state index in [4.69, 9.17) is 19.7 Å². The fourth-order valence-electron chi connectivity index (χ4n) is 4.40. The fourth-order valence-corrected chi connectivity index (χ4v) is 4.40. The van der Waals surface area contributed by atoms with Gasteiger partial charge in [-0.1, -0.05) is 44.2 Å². The number of benzene rings is 1. The molecule has 2 aliphatic rings. The zero-order chi connectivity index (χ0) is 21.8. The minimum atomic E-state index is 0.186. The highest BCUT2D eigenvalue weighted by atomic mass is 16.5. The Morgan fingerprint density at radius 1 is 1.09 bits per heavy atom. The molecule has 5 rings (SSSR count). The van der Waals surface area contributed by atoms with Crippen LogP contribution in [-0.2, 0) is 11.3 Å². The highest BCUT2D eigenvalue weighted by molar-refractivity contribution is 5.83. The lowest BCUT2D eigenvalue weighted by molar-refractivity contribution is 0.0233.